The van der Waals surface area contributed by atoms with Gasteiger partial charge in [-0.1, -0.05) is 60.7 Å². The third-order valence-corrected chi connectivity index (χ3v) is 6.94. The molecular weight excluding hydrogens is 588 g/mol. The summed E-state index contributed by atoms with van der Waals surface area (Å²) in [6, 6.07) is 23.2. The first-order valence-electron chi connectivity index (χ1n) is 13.2. The summed E-state index contributed by atoms with van der Waals surface area (Å²) >= 11 is 0. The van der Waals surface area contributed by atoms with Crippen LogP contribution in [0, 0.1) is 6.92 Å². The molecule has 0 aliphatic carbocycles. The van der Waals surface area contributed by atoms with Gasteiger partial charge in [0.25, 0.3) is 0 Å². The van der Waals surface area contributed by atoms with Gasteiger partial charge in [0.15, 0.2) is 11.5 Å². The van der Waals surface area contributed by atoms with Crippen LogP contribution in [0.4, 0.5) is 26.3 Å². The number of aromatic carboxylic acids is 1. The summed E-state index contributed by atoms with van der Waals surface area (Å²) in [7, 11) is 0. The number of aromatic nitrogens is 3. The normalized spacial score (nSPS) is 11.9. The number of halogens is 6. The first-order chi connectivity index (χ1) is 20.8. The number of ether oxygens (including phenoxy) is 1. The zero-order chi connectivity index (χ0) is 31.6. The maximum Gasteiger partial charge on any atom is 0.573 e. The molecule has 226 valence electrons. The highest BCUT2D eigenvalue weighted by atomic mass is 19.4. The van der Waals surface area contributed by atoms with Crippen LogP contribution in [0.5, 0.6) is 5.75 Å². The standard InChI is InChI=1S/C32H23F6N3O3/c1-19-17-23(21-13-15-24(16-14-21)44-32(36,37)38)12-10-20(19)9-11-22-5-2-3-6-25(22)27-7-4-8-28(40-27)41-29(31(33,34)35)26(18-39-41)30(42)43/h2-8,10,12-18H,9,11H2,1H3,(H,42,43). The van der Waals surface area contributed by atoms with Crippen molar-refractivity contribution in [2.45, 2.75) is 32.3 Å². The molecule has 0 saturated heterocycles. The number of nitrogens with zero attached hydrogens (tertiary/aromatic N) is 3. The van der Waals surface area contributed by atoms with Crippen LogP contribution in [-0.2, 0) is 19.0 Å². The van der Waals surface area contributed by atoms with E-state index in [1.807, 2.05) is 37.3 Å². The molecule has 5 rings (SSSR count). The fourth-order valence-corrected chi connectivity index (χ4v) is 4.91. The van der Waals surface area contributed by atoms with Gasteiger partial charge in [0.05, 0.1) is 11.9 Å². The number of rotatable bonds is 8. The average Bonchev–Trinajstić information content (AvgIpc) is 3.43. The molecule has 0 atom stereocenters. The lowest BCUT2D eigenvalue weighted by Gasteiger charge is -2.14. The Bertz CT molecular complexity index is 1810. The Morgan fingerprint density at radius 3 is 2.18 bits per heavy atom. The number of carboxylic acid groups (broad SMARTS) is 1. The molecule has 0 amide bonds. The molecule has 0 radical (unpaired) electrons. The van der Waals surface area contributed by atoms with E-state index in [2.05, 4.69) is 14.8 Å². The minimum absolute atomic E-state index is 0.179. The average molecular weight is 612 g/mol. The van der Waals surface area contributed by atoms with E-state index in [0.29, 0.717) is 35.0 Å². The third-order valence-electron chi connectivity index (χ3n) is 6.94. The summed E-state index contributed by atoms with van der Waals surface area (Å²) in [5, 5.41) is 12.9. The van der Waals surface area contributed by atoms with E-state index < -0.39 is 29.8 Å². The number of carboxylic acids is 1. The second-order valence-corrected chi connectivity index (χ2v) is 9.87. The van der Waals surface area contributed by atoms with Crippen LogP contribution in [0.3, 0.4) is 0 Å². The number of aryl methyl sites for hydroxylation is 3. The first kappa shape index (κ1) is 30.3. The van der Waals surface area contributed by atoms with E-state index >= 15 is 0 Å². The fourth-order valence-electron chi connectivity index (χ4n) is 4.91. The summed E-state index contributed by atoms with van der Waals surface area (Å²) < 4.78 is 83.1. The Balaban J connectivity index is 1.37. The Kier molecular flexibility index (Phi) is 8.18. The van der Waals surface area contributed by atoms with Crippen molar-refractivity contribution in [2.75, 3.05) is 0 Å². The highest BCUT2D eigenvalue weighted by Crippen LogP contribution is 2.34. The molecule has 0 saturated carbocycles. The fraction of sp³-hybridized carbons (Fsp3) is 0.156. The van der Waals surface area contributed by atoms with Crippen molar-refractivity contribution in [1.29, 1.82) is 0 Å². The smallest absolute Gasteiger partial charge is 0.478 e. The second kappa shape index (κ2) is 11.9. The highest BCUT2D eigenvalue weighted by molar-refractivity contribution is 5.89. The lowest BCUT2D eigenvalue weighted by Crippen LogP contribution is -2.18. The summed E-state index contributed by atoms with van der Waals surface area (Å²) in [5.74, 6) is -2.23. The van der Waals surface area contributed by atoms with Crippen molar-refractivity contribution in [3.63, 3.8) is 0 Å². The molecule has 6 nitrogen and oxygen atoms in total. The molecule has 1 N–H and O–H groups in total. The van der Waals surface area contributed by atoms with Crippen LogP contribution in [0.15, 0.2) is 91.1 Å². The van der Waals surface area contributed by atoms with Crippen LogP contribution < -0.4 is 4.74 Å². The zero-order valence-corrected chi connectivity index (χ0v) is 22.9. The number of alkyl halides is 6. The molecule has 0 spiro atoms. The molecule has 3 aromatic carbocycles. The van der Waals surface area contributed by atoms with Gasteiger partial charge in [-0.05, 0) is 71.8 Å². The molecule has 0 bridgehead atoms. The zero-order valence-electron chi connectivity index (χ0n) is 22.9. The maximum absolute atomic E-state index is 13.8. The van der Waals surface area contributed by atoms with Gasteiger partial charge in [-0.3, -0.25) is 0 Å². The maximum atomic E-state index is 13.8. The molecule has 5 aromatic rings. The van der Waals surface area contributed by atoms with Gasteiger partial charge >= 0.3 is 18.5 Å². The van der Waals surface area contributed by atoms with Gasteiger partial charge in [-0.15, -0.1) is 13.2 Å². The molecule has 44 heavy (non-hydrogen) atoms. The topological polar surface area (TPSA) is 77.2 Å². The molecule has 12 heteroatoms. The highest BCUT2D eigenvalue weighted by Gasteiger charge is 2.41. The van der Waals surface area contributed by atoms with Gasteiger partial charge in [-0.2, -0.15) is 18.3 Å². The number of hydrogen-bond acceptors (Lipinski definition) is 4. The summed E-state index contributed by atoms with van der Waals surface area (Å²) in [4.78, 5) is 15.8. The first-order valence-corrected chi connectivity index (χ1v) is 13.2. The van der Waals surface area contributed by atoms with Crippen LogP contribution in [-0.4, -0.2) is 32.2 Å². The van der Waals surface area contributed by atoms with Crippen molar-refractivity contribution in [3.05, 3.63) is 119 Å². The number of benzene rings is 3. The summed E-state index contributed by atoms with van der Waals surface area (Å²) in [6.07, 6.45) is -7.89. The minimum Gasteiger partial charge on any atom is -0.478 e. The molecular formula is C32H23F6N3O3. The summed E-state index contributed by atoms with van der Waals surface area (Å²) in [5.41, 5.74) is 3.15. The molecule has 2 heterocycles. The largest absolute Gasteiger partial charge is 0.573 e. The van der Waals surface area contributed by atoms with Crippen LogP contribution in [0.25, 0.3) is 28.2 Å². The van der Waals surface area contributed by atoms with Gasteiger partial charge in [0.1, 0.15) is 11.3 Å². The van der Waals surface area contributed by atoms with E-state index in [4.69, 9.17) is 0 Å². The molecule has 0 unspecified atom stereocenters. The van der Waals surface area contributed by atoms with E-state index in [1.54, 1.807) is 30.3 Å². The van der Waals surface area contributed by atoms with Crippen molar-refractivity contribution >= 4 is 5.97 Å². The lowest BCUT2D eigenvalue weighted by atomic mass is 9.94. The monoisotopic (exact) mass is 611 g/mol. The van der Waals surface area contributed by atoms with Gasteiger partial charge < -0.3 is 9.84 Å². The van der Waals surface area contributed by atoms with Crippen LogP contribution >= 0.6 is 0 Å². The third kappa shape index (κ3) is 6.74. The SMILES string of the molecule is Cc1cc(-c2ccc(OC(F)(F)F)cc2)ccc1CCc1ccccc1-c1cccc(-n2ncc(C(=O)O)c2C(F)(F)F)n1. The Hall–Kier alpha value is -5.13. The summed E-state index contributed by atoms with van der Waals surface area (Å²) in [6.45, 7) is 1.94. The Labute approximate surface area is 247 Å². The number of hydrogen-bond donors (Lipinski definition) is 1. The molecule has 0 aliphatic heterocycles. The van der Waals surface area contributed by atoms with Crippen molar-refractivity contribution in [1.82, 2.24) is 14.8 Å². The number of pyridine rings is 1. The van der Waals surface area contributed by atoms with Crippen LogP contribution in [0.1, 0.15) is 32.7 Å². The molecule has 2 aromatic heterocycles. The van der Waals surface area contributed by atoms with E-state index in [9.17, 15) is 36.2 Å². The predicted octanol–water partition coefficient (Wildman–Crippen LogP) is 8.31. The Morgan fingerprint density at radius 2 is 1.52 bits per heavy atom. The van der Waals surface area contributed by atoms with Crippen molar-refractivity contribution < 1.29 is 41.0 Å². The van der Waals surface area contributed by atoms with Crippen molar-refractivity contribution in [3.8, 4) is 34.0 Å². The van der Waals surface area contributed by atoms with Gasteiger partial charge in [0, 0.05) is 5.56 Å². The molecule has 0 aliphatic rings. The van der Waals surface area contributed by atoms with E-state index in [-0.39, 0.29) is 11.6 Å². The van der Waals surface area contributed by atoms with Gasteiger partial charge in [-0.25, -0.2) is 14.5 Å². The quantitative estimate of drug-likeness (QED) is 0.179. The predicted molar refractivity (Wildman–Crippen MR) is 149 cm³/mol. The van der Waals surface area contributed by atoms with Crippen molar-refractivity contribution in [2.24, 2.45) is 0 Å². The minimum atomic E-state index is -4.97. The Morgan fingerprint density at radius 1 is 0.841 bits per heavy atom. The van der Waals surface area contributed by atoms with E-state index in [1.165, 1.54) is 24.3 Å². The molecule has 0 fully saturated rings. The number of carbonyl (C=O) groups is 1. The van der Waals surface area contributed by atoms with Gasteiger partial charge in [0.2, 0.25) is 0 Å². The van der Waals surface area contributed by atoms with Crippen LogP contribution in [0.2, 0.25) is 0 Å². The second-order valence-electron chi connectivity index (χ2n) is 9.87. The lowest BCUT2D eigenvalue weighted by molar-refractivity contribution is -0.274. The van der Waals surface area contributed by atoms with E-state index in [0.717, 1.165) is 27.8 Å².